The Morgan fingerprint density at radius 3 is 3.00 bits per heavy atom. The molecule has 104 valence electrons. The molecular weight excluding hydrogens is 257 g/mol. The summed E-state index contributed by atoms with van der Waals surface area (Å²) >= 11 is 0. The highest BCUT2D eigenvalue weighted by Crippen LogP contribution is 2.30. The van der Waals surface area contributed by atoms with Crippen molar-refractivity contribution >= 4 is 5.78 Å². The second-order valence-electron chi connectivity index (χ2n) is 4.68. The van der Waals surface area contributed by atoms with Crippen molar-refractivity contribution < 1.29 is 18.0 Å². The van der Waals surface area contributed by atoms with E-state index in [0.717, 1.165) is 24.1 Å². The van der Waals surface area contributed by atoms with Gasteiger partial charge in [0.2, 0.25) is 0 Å². The number of halogens is 3. The van der Waals surface area contributed by atoms with Crippen LogP contribution < -0.4 is 5.32 Å². The summed E-state index contributed by atoms with van der Waals surface area (Å²) in [6.07, 6.45) is -0.259. The van der Waals surface area contributed by atoms with Gasteiger partial charge in [0, 0.05) is 6.20 Å². The number of hydrogen-bond acceptors (Lipinski definition) is 3. The molecule has 1 unspecified atom stereocenters. The molecule has 2 rings (SSSR count). The van der Waals surface area contributed by atoms with Crippen LogP contribution >= 0.6 is 0 Å². The van der Waals surface area contributed by atoms with Gasteiger partial charge in [0.05, 0.1) is 24.7 Å². The number of aryl methyl sites for hydroxylation is 1. The first-order chi connectivity index (χ1) is 8.97. The van der Waals surface area contributed by atoms with Gasteiger partial charge in [0.1, 0.15) is 0 Å². The Labute approximate surface area is 109 Å². The van der Waals surface area contributed by atoms with Gasteiger partial charge < -0.3 is 5.32 Å². The monoisotopic (exact) mass is 272 g/mol. The van der Waals surface area contributed by atoms with Crippen molar-refractivity contribution in [1.29, 1.82) is 0 Å². The van der Waals surface area contributed by atoms with Crippen LogP contribution in [0.4, 0.5) is 13.2 Å². The van der Waals surface area contributed by atoms with Crippen molar-refractivity contribution in [2.45, 2.75) is 31.4 Å². The van der Waals surface area contributed by atoms with Crippen molar-refractivity contribution in [3.8, 4) is 0 Å². The third kappa shape index (κ3) is 3.76. The lowest BCUT2D eigenvalue weighted by Gasteiger charge is -2.23. The molecule has 1 heterocycles. The number of Topliss-reactive ketones (excluding diaryl/α,β-unsaturated/α-hetero) is 1. The molecule has 1 N–H and O–H groups in total. The van der Waals surface area contributed by atoms with Gasteiger partial charge in [-0.2, -0.15) is 13.2 Å². The molecule has 3 nitrogen and oxygen atoms in total. The van der Waals surface area contributed by atoms with Crippen LogP contribution in [0.2, 0.25) is 0 Å². The number of nitrogens with one attached hydrogen (secondary N) is 1. The molecule has 0 amide bonds. The van der Waals surface area contributed by atoms with Gasteiger partial charge in [-0.1, -0.05) is 6.07 Å². The van der Waals surface area contributed by atoms with Gasteiger partial charge in [-0.15, -0.1) is 0 Å². The summed E-state index contributed by atoms with van der Waals surface area (Å²) in [6.45, 7) is -1.40. The first-order valence-electron chi connectivity index (χ1n) is 6.21. The number of alkyl halides is 3. The third-order valence-corrected chi connectivity index (χ3v) is 3.21. The van der Waals surface area contributed by atoms with E-state index < -0.39 is 12.7 Å². The first-order valence-corrected chi connectivity index (χ1v) is 6.21. The van der Waals surface area contributed by atoms with Crippen LogP contribution in [-0.2, 0) is 11.2 Å². The lowest BCUT2D eigenvalue weighted by atomic mass is 9.84. The number of fused-ring (bicyclic) bond motifs is 1. The minimum atomic E-state index is -4.29. The molecule has 0 aromatic carbocycles. The van der Waals surface area contributed by atoms with E-state index >= 15 is 0 Å². The number of hydrogen-bond donors (Lipinski definition) is 1. The number of pyridine rings is 1. The van der Waals surface area contributed by atoms with Gasteiger partial charge in [-0.25, -0.2) is 0 Å². The van der Waals surface area contributed by atoms with Crippen LogP contribution in [0.3, 0.4) is 0 Å². The summed E-state index contributed by atoms with van der Waals surface area (Å²) in [6, 6.07) is 3.73. The van der Waals surface area contributed by atoms with Crippen LogP contribution in [0.25, 0.3) is 0 Å². The van der Waals surface area contributed by atoms with Crippen LogP contribution in [0.15, 0.2) is 18.3 Å². The Morgan fingerprint density at radius 1 is 1.47 bits per heavy atom. The standard InChI is InChI=1S/C13H15F3N2O/c14-13(15,16)8-17-7-11(19)10-5-1-3-9-4-2-6-18-12(9)10/h2,4,6,10,17H,1,3,5,7-8H2. The van der Waals surface area contributed by atoms with Crippen LogP contribution in [0.1, 0.15) is 30.0 Å². The maximum Gasteiger partial charge on any atom is 0.401 e. The normalized spacial score (nSPS) is 19.0. The Bertz CT molecular complexity index is 459. The zero-order valence-electron chi connectivity index (χ0n) is 10.3. The van der Waals surface area contributed by atoms with Gasteiger partial charge in [-0.05, 0) is 30.9 Å². The second kappa shape index (κ2) is 5.69. The van der Waals surface area contributed by atoms with E-state index in [2.05, 4.69) is 10.3 Å². The van der Waals surface area contributed by atoms with E-state index in [1.54, 1.807) is 6.20 Å². The zero-order valence-corrected chi connectivity index (χ0v) is 10.3. The molecule has 0 bridgehead atoms. The number of carbonyl (C=O) groups excluding carboxylic acids is 1. The topological polar surface area (TPSA) is 42.0 Å². The van der Waals surface area contributed by atoms with E-state index in [1.165, 1.54) is 0 Å². The van der Waals surface area contributed by atoms with Crippen LogP contribution in [0, 0.1) is 0 Å². The fourth-order valence-corrected chi connectivity index (χ4v) is 2.37. The molecule has 1 aliphatic rings. The molecule has 0 saturated carbocycles. The molecule has 0 aliphatic heterocycles. The molecule has 0 fully saturated rings. The fourth-order valence-electron chi connectivity index (χ4n) is 2.37. The zero-order chi connectivity index (χ0) is 13.9. The third-order valence-electron chi connectivity index (χ3n) is 3.21. The van der Waals surface area contributed by atoms with E-state index in [1.807, 2.05) is 12.1 Å². The minimum absolute atomic E-state index is 0.219. The van der Waals surface area contributed by atoms with Crippen molar-refractivity contribution in [2.24, 2.45) is 0 Å². The van der Waals surface area contributed by atoms with E-state index in [-0.39, 0.29) is 18.2 Å². The smallest absolute Gasteiger partial charge is 0.302 e. The van der Waals surface area contributed by atoms with Crippen LogP contribution in [-0.4, -0.2) is 30.0 Å². The lowest BCUT2D eigenvalue weighted by Crippen LogP contribution is -2.35. The van der Waals surface area contributed by atoms with Gasteiger partial charge in [0.15, 0.2) is 5.78 Å². The number of rotatable bonds is 4. The molecule has 0 radical (unpaired) electrons. The van der Waals surface area contributed by atoms with Gasteiger partial charge >= 0.3 is 6.18 Å². The average molecular weight is 272 g/mol. The van der Waals surface area contributed by atoms with Crippen LogP contribution in [0.5, 0.6) is 0 Å². The van der Waals surface area contributed by atoms with Crippen molar-refractivity contribution in [1.82, 2.24) is 10.3 Å². The van der Waals surface area contributed by atoms with Crippen molar-refractivity contribution in [3.05, 3.63) is 29.6 Å². The summed E-state index contributed by atoms with van der Waals surface area (Å²) in [4.78, 5) is 16.2. The summed E-state index contributed by atoms with van der Waals surface area (Å²) in [5, 5.41) is 2.15. The molecule has 19 heavy (non-hydrogen) atoms. The molecule has 0 saturated heterocycles. The maximum absolute atomic E-state index is 12.0. The molecular formula is C13H15F3N2O. The van der Waals surface area contributed by atoms with Gasteiger partial charge in [-0.3, -0.25) is 9.78 Å². The highest BCUT2D eigenvalue weighted by Gasteiger charge is 2.30. The van der Waals surface area contributed by atoms with E-state index in [9.17, 15) is 18.0 Å². The molecule has 6 heteroatoms. The highest BCUT2D eigenvalue weighted by molar-refractivity contribution is 5.87. The largest absolute Gasteiger partial charge is 0.401 e. The first kappa shape index (κ1) is 14.0. The molecule has 1 atom stereocenters. The van der Waals surface area contributed by atoms with Crippen molar-refractivity contribution in [2.75, 3.05) is 13.1 Å². The van der Waals surface area contributed by atoms with Crippen molar-refractivity contribution in [3.63, 3.8) is 0 Å². The SMILES string of the molecule is O=C(CNCC(F)(F)F)C1CCCc2cccnc21. The summed E-state index contributed by atoms with van der Waals surface area (Å²) in [7, 11) is 0. The van der Waals surface area contributed by atoms with Gasteiger partial charge in [0.25, 0.3) is 0 Å². The Kier molecular flexibility index (Phi) is 4.19. The number of nitrogens with zero attached hydrogens (tertiary/aromatic N) is 1. The average Bonchev–Trinajstić information content (AvgIpc) is 2.36. The summed E-state index contributed by atoms with van der Waals surface area (Å²) in [5.41, 5.74) is 1.76. The number of ketones is 1. The summed E-state index contributed by atoms with van der Waals surface area (Å²) in [5.74, 6) is -0.588. The Balaban J connectivity index is 1.97. The predicted molar refractivity (Wildman–Crippen MR) is 63.8 cm³/mol. The lowest BCUT2D eigenvalue weighted by molar-refractivity contribution is -0.128. The molecule has 1 aromatic heterocycles. The number of carbonyl (C=O) groups is 1. The van der Waals surface area contributed by atoms with E-state index in [4.69, 9.17) is 0 Å². The number of aromatic nitrogens is 1. The molecule has 1 aromatic rings. The van der Waals surface area contributed by atoms with E-state index in [0.29, 0.717) is 6.42 Å². The second-order valence-corrected chi connectivity index (χ2v) is 4.68. The quantitative estimate of drug-likeness (QED) is 0.914. The minimum Gasteiger partial charge on any atom is -0.302 e. The highest BCUT2D eigenvalue weighted by atomic mass is 19.4. The summed E-state index contributed by atoms with van der Waals surface area (Å²) < 4.78 is 36.0. The molecule has 1 aliphatic carbocycles. The molecule has 0 spiro atoms. The fraction of sp³-hybridized carbons (Fsp3) is 0.538. The maximum atomic E-state index is 12.0. The Hall–Kier alpha value is -1.43. The Morgan fingerprint density at radius 2 is 2.26 bits per heavy atom. The predicted octanol–water partition coefficient (Wildman–Crippen LogP) is 2.22.